The maximum absolute atomic E-state index is 12.3. The van der Waals surface area contributed by atoms with Gasteiger partial charge in [0.05, 0.1) is 17.3 Å². The number of aromatic nitrogens is 1. The summed E-state index contributed by atoms with van der Waals surface area (Å²) < 4.78 is 0. The second kappa shape index (κ2) is 5.51. The fourth-order valence-corrected chi connectivity index (χ4v) is 4.33. The van der Waals surface area contributed by atoms with Gasteiger partial charge in [-0.15, -0.1) is 0 Å². The number of nitrogens with one attached hydrogen (secondary N) is 1. The minimum Gasteiger partial charge on any atom is -0.477 e. The van der Waals surface area contributed by atoms with Crippen LogP contribution in [-0.2, 0) is 9.59 Å². The van der Waals surface area contributed by atoms with Crippen LogP contribution in [0, 0.1) is 5.92 Å². The number of hydrogen-bond acceptors (Lipinski definition) is 4. The van der Waals surface area contributed by atoms with Crippen LogP contribution < -0.4 is 5.32 Å². The second-order valence-corrected chi connectivity index (χ2v) is 6.99. The van der Waals surface area contributed by atoms with E-state index in [9.17, 15) is 14.7 Å². The summed E-state index contributed by atoms with van der Waals surface area (Å²) in [6, 6.07) is 11.5. The third-order valence-electron chi connectivity index (χ3n) is 5.53. The number of carboxylic acids is 1. The third kappa shape index (κ3) is 2.12. The van der Waals surface area contributed by atoms with Gasteiger partial charge in [-0.2, -0.15) is 0 Å². The van der Waals surface area contributed by atoms with Crippen LogP contribution in [0.15, 0.2) is 53.7 Å². The Kier molecular flexibility index (Phi) is 3.24. The van der Waals surface area contributed by atoms with Crippen LogP contribution in [0.25, 0.3) is 17.0 Å². The van der Waals surface area contributed by atoms with Crippen molar-refractivity contribution in [2.45, 2.75) is 18.5 Å². The third-order valence-corrected chi connectivity index (χ3v) is 5.53. The van der Waals surface area contributed by atoms with Crippen LogP contribution in [0.2, 0.25) is 0 Å². The highest BCUT2D eigenvalue weighted by Crippen LogP contribution is 2.43. The lowest BCUT2D eigenvalue weighted by atomic mass is 9.79. The summed E-state index contributed by atoms with van der Waals surface area (Å²) >= 11 is 0. The Morgan fingerprint density at radius 3 is 2.92 bits per heavy atom. The molecule has 0 radical (unpaired) electrons. The number of allylic oxidation sites excluding steroid dienone is 2. The molecule has 2 N–H and O–H groups in total. The summed E-state index contributed by atoms with van der Waals surface area (Å²) in [5.41, 5.74) is 2.46. The minimum absolute atomic E-state index is 0.00968. The lowest BCUT2D eigenvalue weighted by molar-refractivity contribution is -0.153. The first-order valence-corrected chi connectivity index (χ1v) is 8.70. The predicted molar refractivity (Wildman–Crippen MR) is 96.0 cm³/mol. The summed E-state index contributed by atoms with van der Waals surface area (Å²) in [6.07, 6.45) is 4.29. The number of para-hydroxylation sites is 1. The minimum atomic E-state index is -1.05. The second-order valence-electron chi connectivity index (χ2n) is 6.99. The van der Waals surface area contributed by atoms with Crippen LogP contribution in [0.3, 0.4) is 0 Å². The first-order valence-electron chi connectivity index (χ1n) is 8.70. The molecule has 2 aromatic rings. The Bertz CT molecular complexity index is 1010. The lowest BCUT2D eigenvalue weighted by Crippen LogP contribution is -2.68. The van der Waals surface area contributed by atoms with E-state index < -0.39 is 5.97 Å². The number of rotatable bonds is 3. The maximum Gasteiger partial charge on any atom is 0.352 e. The van der Waals surface area contributed by atoms with Gasteiger partial charge in [0.2, 0.25) is 5.91 Å². The van der Waals surface area contributed by atoms with Crippen molar-refractivity contribution in [1.29, 1.82) is 0 Å². The molecule has 2 saturated heterocycles. The molecule has 1 amide bonds. The monoisotopic (exact) mass is 347 g/mol. The van der Waals surface area contributed by atoms with Crippen molar-refractivity contribution in [3.63, 3.8) is 0 Å². The number of fused-ring (bicyclic) bond motifs is 1. The van der Waals surface area contributed by atoms with E-state index in [4.69, 9.17) is 0 Å². The molecule has 0 unspecified atom stereocenters. The molecule has 26 heavy (non-hydrogen) atoms. The number of hydrogen-bond donors (Lipinski definition) is 2. The van der Waals surface area contributed by atoms with E-state index in [0.717, 1.165) is 23.1 Å². The Morgan fingerprint density at radius 2 is 2.08 bits per heavy atom. The van der Waals surface area contributed by atoms with Crippen molar-refractivity contribution in [3.8, 4) is 0 Å². The first-order chi connectivity index (χ1) is 12.6. The van der Waals surface area contributed by atoms with E-state index in [0.29, 0.717) is 12.0 Å². The number of carboxylic acid groups (broad SMARTS) is 1. The molecule has 3 aliphatic rings. The van der Waals surface area contributed by atoms with E-state index in [1.54, 1.807) is 6.08 Å². The van der Waals surface area contributed by atoms with Gasteiger partial charge in [0.15, 0.2) is 0 Å². The molecule has 6 nitrogen and oxygen atoms in total. The molecule has 130 valence electrons. The highest BCUT2D eigenvalue weighted by atomic mass is 16.4. The van der Waals surface area contributed by atoms with Gasteiger partial charge in [-0.25, -0.2) is 9.78 Å². The number of amides is 1. The topological polar surface area (TPSA) is 82.5 Å². The summed E-state index contributed by atoms with van der Waals surface area (Å²) in [6.45, 7) is 0.746. The SMILES string of the molecule is O=C(O)C1=C(/C=C/c2ccc3ccccc3n2)C[C@@H]2CN[C@@H]3C(=O)N1[C@H]23. The molecule has 4 heterocycles. The normalized spacial score (nSPS) is 27.2. The molecule has 0 spiro atoms. The maximum atomic E-state index is 12.3. The summed E-state index contributed by atoms with van der Waals surface area (Å²) in [5, 5.41) is 13.9. The zero-order valence-corrected chi connectivity index (χ0v) is 13.9. The van der Waals surface area contributed by atoms with Gasteiger partial charge in [0.25, 0.3) is 0 Å². The average molecular weight is 347 g/mol. The van der Waals surface area contributed by atoms with Crippen molar-refractivity contribution in [2.24, 2.45) is 5.92 Å². The molecule has 3 atom stereocenters. The van der Waals surface area contributed by atoms with Crippen LogP contribution in [-0.4, -0.2) is 45.5 Å². The van der Waals surface area contributed by atoms with E-state index in [1.807, 2.05) is 42.5 Å². The smallest absolute Gasteiger partial charge is 0.352 e. The largest absolute Gasteiger partial charge is 0.477 e. The molecule has 2 fully saturated rings. The fourth-order valence-electron chi connectivity index (χ4n) is 4.33. The zero-order valence-electron chi connectivity index (χ0n) is 13.9. The molecule has 5 rings (SSSR count). The van der Waals surface area contributed by atoms with Gasteiger partial charge < -0.3 is 10.4 Å². The van der Waals surface area contributed by atoms with Crippen LogP contribution in [0.4, 0.5) is 0 Å². The number of β-lactam (4-membered cyclic amide) rings is 1. The first kappa shape index (κ1) is 15.3. The Hall–Kier alpha value is -2.99. The highest BCUT2D eigenvalue weighted by molar-refractivity contribution is 6.01. The van der Waals surface area contributed by atoms with Crippen molar-refractivity contribution >= 4 is 28.9 Å². The van der Waals surface area contributed by atoms with Crippen LogP contribution in [0.1, 0.15) is 12.1 Å². The lowest BCUT2D eigenvalue weighted by Gasteiger charge is -2.48. The molecule has 0 aliphatic carbocycles. The number of pyridine rings is 1. The van der Waals surface area contributed by atoms with E-state index >= 15 is 0 Å². The molecule has 3 aliphatic heterocycles. The molecule has 0 saturated carbocycles. The average Bonchev–Trinajstić information content (AvgIpc) is 3.05. The van der Waals surface area contributed by atoms with Gasteiger partial charge in [0.1, 0.15) is 11.7 Å². The Morgan fingerprint density at radius 1 is 1.23 bits per heavy atom. The highest BCUT2D eigenvalue weighted by Gasteiger charge is 2.59. The van der Waals surface area contributed by atoms with Gasteiger partial charge in [-0.05, 0) is 36.1 Å². The van der Waals surface area contributed by atoms with E-state index in [1.165, 1.54) is 4.90 Å². The molecular formula is C20H17N3O3. The summed E-state index contributed by atoms with van der Waals surface area (Å²) in [7, 11) is 0. The molecule has 1 aromatic heterocycles. The summed E-state index contributed by atoms with van der Waals surface area (Å²) in [5.74, 6) is -0.914. The van der Waals surface area contributed by atoms with E-state index in [-0.39, 0.29) is 29.6 Å². The molecule has 6 heteroatoms. The Balaban J connectivity index is 1.52. The van der Waals surface area contributed by atoms with Crippen LogP contribution >= 0.6 is 0 Å². The van der Waals surface area contributed by atoms with Crippen molar-refractivity contribution in [2.75, 3.05) is 6.54 Å². The van der Waals surface area contributed by atoms with Gasteiger partial charge in [-0.3, -0.25) is 9.69 Å². The van der Waals surface area contributed by atoms with Gasteiger partial charge >= 0.3 is 5.97 Å². The number of benzene rings is 1. The predicted octanol–water partition coefficient (Wildman–Crippen LogP) is 1.79. The molecule has 1 aromatic carbocycles. The van der Waals surface area contributed by atoms with Crippen molar-refractivity contribution in [1.82, 2.24) is 15.2 Å². The van der Waals surface area contributed by atoms with E-state index in [2.05, 4.69) is 10.3 Å². The number of carbonyl (C=O) groups is 2. The number of aliphatic carboxylic acids is 1. The molecule has 0 bridgehead atoms. The quantitative estimate of drug-likeness (QED) is 0.827. The number of carbonyl (C=O) groups excluding carboxylic acids is 1. The fraction of sp³-hybridized carbons (Fsp3) is 0.250. The standard InChI is InChI=1S/C20H17N3O3/c24-19-16-17-13(10-21-16)9-12(18(20(25)26)23(17)19)6-8-14-7-5-11-3-1-2-4-15(11)22-14/h1-8,13,16-17,21H,9-10H2,(H,25,26)/b8-6+/t13-,16+,17-/m1/s1. The van der Waals surface area contributed by atoms with Gasteiger partial charge in [-0.1, -0.05) is 30.3 Å². The molecular weight excluding hydrogens is 330 g/mol. The van der Waals surface area contributed by atoms with Gasteiger partial charge in [0, 0.05) is 11.9 Å². The Labute approximate surface area is 149 Å². The van der Waals surface area contributed by atoms with Crippen LogP contribution in [0.5, 0.6) is 0 Å². The summed E-state index contributed by atoms with van der Waals surface area (Å²) in [4.78, 5) is 30.1. The number of nitrogens with zero attached hydrogens (tertiary/aromatic N) is 2. The van der Waals surface area contributed by atoms with Crippen molar-refractivity contribution < 1.29 is 14.7 Å². The van der Waals surface area contributed by atoms with Crippen molar-refractivity contribution in [3.05, 3.63) is 59.4 Å². The zero-order chi connectivity index (χ0) is 17.8.